The van der Waals surface area contributed by atoms with E-state index < -0.39 is 12.0 Å². The van der Waals surface area contributed by atoms with E-state index in [0.717, 1.165) is 51.0 Å². The molecule has 0 saturated heterocycles. The summed E-state index contributed by atoms with van der Waals surface area (Å²) in [5.41, 5.74) is 4.42. The van der Waals surface area contributed by atoms with E-state index in [-0.39, 0.29) is 11.3 Å². The van der Waals surface area contributed by atoms with Crippen molar-refractivity contribution in [3.05, 3.63) is 89.5 Å². The van der Waals surface area contributed by atoms with Gasteiger partial charge in [0.1, 0.15) is 21.8 Å². The van der Waals surface area contributed by atoms with Gasteiger partial charge in [-0.25, -0.2) is 4.79 Å². The van der Waals surface area contributed by atoms with Crippen LogP contribution >= 0.6 is 11.3 Å². The monoisotopic (exact) mass is 643 g/mol. The van der Waals surface area contributed by atoms with Gasteiger partial charge in [-0.2, -0.15) is 0 Å². The maximum atomic E-state index is 13.0. The lowest BCUT2D eigenvalue weighted by atomic mass is 9.86. The Morgan fingerprint density at radius 2 is 1.37 bits per heavy atom. The summed E-state index contributed by atoms with van der Waals surface area (Å²) in [4.78, 5) is 25.5. The van der Waals surface area contributed by atoms with Crippen molar-refractivity contribution < 1.29 is 19.1 Å². The maximum Gasteiger partial charge on any atom is 0.328 e. The molecule has 0 aliphatic rings. The highest BCUT2D eigenvalue weighted by Gasteiger charge is 2.23. The van der Waals surface area contributed by atoms with Crippen molar-refractivity contribution in [1.82, 2.24) is 15.5 Å². The van der Waals surface area contributed by atoms with E-state index in [9.17, 15) is 9.59 Å². The predicted octanol–water partition coefficient (Wildman–Crippen LogP) is 9.06. The molecule has 1 aromatic heterocycles. The van der Waals surface area contributed by atoms with E-state index in [4.69, 9.17) is 9.47 Å². The molecule has 46 heavy (non-hydrogen) atoms. The molecule has 0 spiro atoms. The zero-order valence-electron chi connectivity index (χ0n) is 28.4. The molecule has 4 rings (SSSR count). The number of benzene rings is 3. The highest BCUT2D eigenvalue weighted by atomic mass is 32.1. The van der Waals surface area contributed by atoms with E-state index in [1.54, 1.807) is 12.1 Å². The van der Waals surface area contributed by atoms with Crippen LogP contribution in [0.4, 0.5) is 0 Å². The summed E-state index contributed by atoms with van der Waals surface area (Å²) in [5, 5.41) is 13.3. The average Bonchev–Trinajstić information content (AvgIpc) is 3.57. The third-order valence-corrected chi connectivity index (χ3v) is 8.51. The zero-order chi connectivity index (χ0) is 33.5. The van der Waals surface area contributed by atoms with Gasteiger partial charge in [0.25, 0.3) is 5.91 Å². The number of carbonyl (C=O) groups is 2. The number of amides is 1. The van der Waals surface area contributed by atoms with Crippen molar-refractivity contribution >= 4 is 23.2 Å². The van der Waals surface area contributed by atoms with Crippen LogP contribution in [-0.2, 0) is 21.4 Å². The Morgan fingerprint density at radius 1 is 0.804 bits per heavy atom. The Kier molecular flexibility index (Phi) is 14.4. The normalized spacial score (nSPS) is 11.6. The second-order valence-electron chi connectivity index (χ2n) is 12.0. The largest absolute Gasteiger partial charge is 0.494 e. The second kappa shape index (κ2) is 18.2. The van der Waals surface area contributed by atoms with Crippen LogP contribution in [0.1, 0.15) is 95.1 Å². The standard InChI is InChI=1S/C36H43N3O4S.C2H6/c1-6-7-8-9-10-23-43-30-21-17-28(18-22-30)34-39-38-33(44-34)27-13-11-25(12-14-27)24-31(35(41)42-5)37-32(40)26-15-19-29(20-16-26)36(2,3)4;1-2/h11-22,31H,6-10,23-24H2,1-5H3,(H,37,40);1-2H3. The summed E-state index contributed by atoms with van der Waals surface area (Å²) < 4.78 is 10.9. The molecule has 0 aliphatic carbocycles. The van der Waals surface area contributed by atoms with Gasteiger partial charge in [-0.15, -0.1) is 10.2 Å². The Hall–Kier alpha value is -4.04. The topological polar surface area (TPSA) is 90.4 Å². The Morgan fingerprint density at radius 3 is 1.91 bits per heavy atom. The third-order valence-electron chi connectivity index (χ3n) is 7.49. The lowest BCUT2D eigenvalue weighted by Crippen LogP contribution is -2.43. The van der Waals surface area contributed by atoms with E-state index in [1.807, 2.05) is 74.5 Å². The van der Waals surface area contributed by atoms with E-state index in [0.29, 0.717) is 12.0 Å². The maximum absolute atomic E-state index is 13.0. The van der Waals surface area contributed by atoms with Gasteiger partial charge in [-0.05, 0) is 59.4 Å². The number of rotatable bonds is 14. The number of hydrogen-bond acceptors (Lipinski definition) is 7. The lowest BCUT2D eigenvalue weighted by molar-refractivity contribution is -0.142. The molecule has 1 atom stereocenters. The fourth-order valence-corrected chi connectivity index (χ4v) is 5.62. The molecule has 3 aromatic carbocycles. The number of aromatic nitrogens is 2. The van der Waals surface area contributed by atoms with Crippen molar-refractivity contribution in [2.45, 2.75) is 91.5 Å². The molecule has 1 heterocycles. The van der Waals surface area contributed by atoms with Gasteiger partial charge in [0.05, 0.1) is 13.7 Å². The van der Waals surface area contributed by atoms with Crippen LogP contribution in [-0.4, -0.2) is 41.8 Å². The van der Waals surface area contributed by atoms with Gasteiger partial charge in [-0.1, -0.05) is 115 Å². The molecule has 0 bridgehead atoms. The average molecular weight is 644 g/mol. The molecular formula is C38H49N3O4S. The van der Waals surface area contributed by atoms with Crippen LogP contribution in [0.5, 0.6) is 5.75 Å². The SMILES string of the molecule is CC.CCCCCCCOc1ccc(-c2nnc(-c3ccc(CC(NC(=O)c4ccc(C(C)(C)C)cc4)C(=O)OC)cc3)s2)cc1. The molecule has 8 heteroatoms. The van der Waals surface area contributed by atoms with Crippen LogP contribution < -0.4 is 10.1 Å². The molecule has 0 radical (unpaired) electrons. The van der Waals surface area contributed by atoms with Gasteiger partial charge in [0, 0.05) is 23.1 Å². The quantitative estimate of drug-likeness (QED) is 0.109. The summed E-state index contributed by atoms with van der Waals surface area (Å²) in [6, 6.07) is 22.4. The first-order valence-electron chi connectivity index (χ1n) is 16.3. The molecule has 1 N–H and O–H groups in total. The van der Waals surface area contributed by atoms with Crippen LogP contribution in [0.25, 0.3) is 21.1 Å². The van der Waals surface area contributed by atoms with Gasteiger partial charge in [-0.3, -0.25) is 4.79 Å². The van der Waals surface area contributed by atoms with E-state index in [2.05, 4.69) is 43.2 Å². The lowest BCUT2D eigenvalue weighted by Gasteiger charge is -2.20. The number of esters is 1. The van der Waals surface area contributed by atoms with Crippen LogP contribution in [0, 0.1) is 0 Å². The number of nitrogens with one attached hydrogen (secondary N) is 1. The smallest absolute Gasteiger partial charge is 0.328 e. The first-order valence-corrected chi connectivity index (χ1v) is 17.1. The fourth-order valence-electron chi connectivity index (χ4n) is 4.76. The number of hydrogen-bond donors (Lipinski definition) is 1. The number of carbonyl (C=O) groups excluding carboxylic acids is 2. The molecule has 4 aromatic rings. The van der Waals surface area contributed by atoms with E-state index >= 15 is 0 Å². The highest BCUT2D eigenvalue weighted by Crippen LogP contribution is 2.31. The van der Waals surface area contributed by atoms with Crippen molar-refractivity contribution in [3.8, 4) is 26.9 Å². The zero-order valence-corrected chi connectivity index (χ0v) is 29.2. The molecule has 0 saturated carbocycles. The third kappa shape index (κ3) is 10.8. The molecule has 1 amide bonds. The second-order valence-corrected chi connectivity index (χ2v) is 13.0. The first kappa shape index (κ1) is 36.4. The van der Waals surface area contributed by atoms with Gasteiger partial charge in [0.2, 0.25) is 0 Å². The number of methoxy groups -OCH3 is 1. The van der Waals surface area contributed by atoms with Crippen LogP contribution in [0.2, 0.25) is 0 Å². The van der Waals surface area contributed by atoms with Gasteiger partial charge in [0.15, 0.2) is 0 Å². The van der Waals surface area contributed by atoms with Crippen molar-refractivity contribution in [1.29, 1.82) is 0 Å². The fraction of sp³-hybridized carbons (Fsp3) is 0.421. The summed E-state index contributed by atoms with van der Waals surface area (Å²) >= 11 is 1.52. The van der Waals surface area contributed by atoms with Crippen LogP contribution in [0.3, 0.4) is 0 Å². The number of nitrogens with zero attached hydrogens (tertiary/aromatic N) is 2. The van der Waals surface area contributed by atoms with E-state index in [1.165, 1.54) is 44.1 Å². The Balaban J connectivity index is 0.00000282. The molecule has 0 aliphatic heterocycles. The number of unbranched alkanes of at least 4 members (excludes halogenated alkanes) is 4. The predicted molar refractivity (Wildman–Crippen MR) is 188 cm³/mol. The minimum atomic E-state index is -0.818. The number of ether oxygens (including phenoxy) is 2. The van der Waals surface area contributed by atoms with Crippen molar-refractivity contribution in [2.24, 2.45) is 0 Å². The molecule has 1 unspecified atom stereocenters. The highest BCUT2D eigenvalue weighted by molar-refractivity contribution is 7.17. The minimum absolute atomic E-state index is 0.0142. The Labute approximate surface area is 278 Å². The minimum Gasteiger partial charge on any atom is -0.494 e. The van der Waals surface area contributed by atoms with Crippen molar-refractivity contribution in [3.63, 3.8) is 0 Å². The molecule has 246 valence electrons. The van der Waals surface area contributed by atoms with Gasteiger partial charge < -0.3 is 14.8 Å². The summed E-state index contributed by atoms with van der Waals surface area (Å²) in [6.07, 6.45) is 6.37. The summed E-state index contributed by atoms with van der Waals surface area (Å²) in [6.45, 7) is 13.3. The molecule has 0 fully saturated rings. The molecule has 7 nitrogen and oxygen atoms in total. The van der Waals surface area contributed by atoms with Crippen molar-refractivity contribution in [2.75, 3.05) is 13.7 Å². The van der Waals surface area contributed by atoms with Crippen LogP contribution in [0.15, 0.2) is 72.8 Å². The molecular weight excluding hydrogens is 595 g/mol. The van der Waals surface area contributed by atoms with Gasteiger partial charge >= 0.3 is 5.97 Å². The first-order chi connectivity index (χ1) is 22.2. The summed E-state index contributed by atoms with van der Waals surface area (Å²) in [7, 11) is 1.33. The Bertz CT molecular complexity index is 1490. The summed E-state index contributed by atoms with van der Waals surface area (Å²) in [5.74, 6) is 0.0521.